The zero-order chi connectivity index (χ0) is 24.7. The summed E-state index contributed by atoms with van der Waals surface area (Å²) in [7, 11) is 0. The highest BCUT2D eigenvalue weighted by Gasteiger charge is 2.29. The summed E-state index contributed by atoms with van der Waals surface area (Å²) in [5.41, 5.74) is 0. The molecule has 0 radical (unpaired) electrons. The van der Waals surface area contributed by atoms with Gasteiger partial charge in [0, 0.05) is 52.4 Å². The second-order valence-electron chi connectivity index (χ2n) is 7.94. The fraction of sp³-hybridized carbons (Fsp3) is 0.800. The summed E-state index contributed by atoms with van der Waals surface area (Å²) in [5, 5.41) is 35.0. The Balaban J connectivity index is 0.00000302. The number of nitrogens with zero attached hydrogens (tertiary/aromatic N) is 4. The maximum atomic E-state index is 11.8. The molecule has 0 amide bonds. The fourth-order valence-corrected chi connectivity index (χ4v) is 3.71. The van der Waals surface area contributed by atoms with E-state index in [0.717, 1.165) is 6.54 Å². The van der Waals surface area contributed by atoms with Crippen molar-refractivity contribution >= 4 is 24.4 Å². The minimum Gasteiger partial charge on any atom is -0.483 e. The lowest BCUT2D eigenvalue weighted by atomic mass is 10.0. The molecule has 0 aliphatic carbocycles. The van der Waals surface area contributed by atoms with Gasteiger partial charge in [-0.05, 0) is 12.5 Å². The van der Waals surface area contributed by atoms with Crippen LogP contribution < -0.4 is 0 Å². The molecule has 1 rings (SSSR count). The molecule has 0 aromatic rings. The Labute approximate surface area is 189 Å². The molecule has 1 heterocycles. The Bertz CT molecular complexity index is 590. The summed E-state index contributed by atoms with van der Waals surface area (Å²) < 4.78 is 0. The third-order valence-corrected chi connectivity index (χ3v) is 5.31. The number of hydrogen-bond donors (Lipinski definition) is 4. The van der Waals surface area contributed by atoms with Crippen LogP contribution in [0.25, 0.3) is 0 Å². The van der Waals surface area contributed by atoms with Gasteiger partial charge < -0.3 is 25.3 Å². The fourth-order valence-electron chi connectivity index (χ4n) is 3.71. The van der Waals surface area contributed by atoms with E-state index in [1.807, 2.05) is 30.6 Å². The van der Waals surface area contributed by atoms with Crippen molar-refractivity contribution in [1.82, 2.24) is 19.6 Å². The first-order valence-electron chi connectivity index (χ1n) is 10.7. The molecule has 1 unspecified atom stereocenters. The molecule has 12 nitrogen and oxygen atoms in total. The molecule has 1 aliphatic rings. The van der Waals surface area contributed by atoms with Crippen LogP contribution in [-0.2, 0) is 19.2 Å². The molecular formula is C20H38N4O8. The Hall–Kier alpha value is -2.28. The monoisotopic (exact) mass is 462 g/mol. The van der Waals surface area contributed by atoms with Crippen LogP contribution in [0.1, 0.15) is 20.8 Å². The van der Waals surface area contributed by atoms with Crippen molar-refractivity contribution < 1.29 is 39.6 Å². The lowest BCUT2D eigenvalue weighted by Gasteiger charge is -2.36. The number of likely N-dealkylation sites (N-methyl/N-ethyl adjacent to an activating group) is 1. The van der Waals surface area contributed by atoms with Gasteiger partial charge in [0.1, 0.15) is 6.04 Å². The van der Waals surface area contributed by atoms with Gasteiger partial charge >= 0.3 is 17.9 Å². The van der Waals surface area contributed by atoms with Crippen LogP contribution in [0.4, 0.5) is 0 Å². The molecule has 0 bridgehead atoms. The Morgan fingerprint density at radius 3 is 1.44 bits per heavy atom. The van der Waals surface area contributed by atoms with Crippen LogP contribution in [0.15, 0.2) is 0 Å². The molecule has 0 saturated carbocycles. The van der Waals surface area contributed by atoms with Crippen molar-refractivity contribution in [3.05, 3.63) is 0 Å². The van der Waals surface area contributed by atoms with E-state index < -0.39 is 23.9 Å². The first kappa shape index (κ1) is 29.7. The summed E-state index contributed by atoms with van der Waals surface area (Å²) in [5.74, 6) is -2.80. The van der Waals surface area contributed by atoms with E-state index >= 15 is 0 Å². The molecule has 12 heteroatoms. The third-order valence-electron chi connectivity index (χ3n) is 5.31. The topological polar surface area (TPSA) is 162 Å². The highest BCUT2D eigenvalue weighted by atomic mass is 16.4. The smallest absolute Gasteiger partial charge is 0.321 e. The normalized spacial score (nSPS) is 19.1. The molecule has 1 aliphatic heterocycles. The van der Waals surface area contributed by atoms with Crippen molar-refractivity contribution in [2.45, 2.75) is 26.8 Å². The number of carbonyl (C=O) groups is 4. The third kappa shape index (κ3) is 12.5. The lowest BCUT2D eigenvalue weighted by Crippen LogP contribution is -2.52. The van der Waals surface area contributed by atoms with Gasteiger partial charge in [-0.3, -0.25) is 33.9 Å². The van der Waals surface area contributed by atoms with E-state index in [2.05, 4.69) is 4.90 Å². The highest BCUT2D eigenvalue weighted by Crippen LogP contribution is 2.12. The summed E-state index contributed by atoms with van der Waals surface area (Å²) in [6, 6.07) is -0.633. The first-order valence-corrected chi connectivity index (χ1v) is 10.7. The summed E-state index contributed by atoms with van der Waals surface area (Å²) in [6.07, 6.45) is 0. The van der Waals surface area contributed by atoms with Crippen LogP contribution in [-0.4, -0.2) is 142 Å². The number of aliphatic carboxylic acids is 3. The molecule has 1 saturated heterocycles. The minimum atomic E-state index is -0.954. The average molecular weight is 463 g/mol. The van der Waals surface area contributed by atoms with E-state index in [1.54, 1.807) is 4.90 Å². The van der Waals surface area contributed by atoms with Crippen molar-refractivity contribution in [3.63, 3.8) is 0 Å². The molecule has 1 atom stereocenters. The molecule has 0 aromatic heterocycles. The van der Waals surface area contributed by atoms with Gasteiger partial charge in [-0.15, -0.1) is 0 Å². The summed E-state index contributed by atoms with van der Waals surface area (Å²) in [6.45, 7) is 10.3. The van der Waals surface area contributed by atoms with Crippen LogP contribution in [0.2, 0.25) is 0 Å². The molecule has 32 heavy (non-hydrogen) atoms. The maximum absolute atomic E-state index is 11.8. The number of carboxylic acid groups (broad SMARTS) is 4. The molecule has 0 spiro atoms. The van der Waals surface area contributed by atoms with Gasteiger partial charge in [0.15, 0.2) is 0 Å². The zero-order valence-electron chi connectivity index (χ0n) is 19.2. The van der Waals surface area contributed by atoms with E-state index in [1.165, 1.54) is 0 Å². The quantitative estimate of drug-likeness (QED) is 0.333. The van der Waals surface area contributed by atoms with Gasteiger partial charge in [0.05, 0.1) is 13.1 Å². The van der Waals surface area contributed by atoms with Gasteiger partial charge in [-0.2, -0.15) is 0 Å². The first-order chi connectivity index (χ1) is 15.0. The van der Waals surface area contributed by atoms with Crippen molar-refractivity contribution in [2.75, 3.05) is 72.0 Å². The van der Waals surface area contributed by atoms with Crippen molar-refractivity contribution in [3.8, 4) is 0 Å². The standard InChI is InChI=1S/C19H36N4O6.CH2O2/c1-4-20-5-6-21(13-16(24)25)7-8-22(14-17(26)27)10-12-23(11-9-20)18(15(2)3)19(28)29;2-1-3/h15,18H,4-14H2,1-3H3,(H,24,25)(H,26,27)(H,28,29);1H,(H,2,3). The Morgan fingerprint density at radius 2 is 1.12 bits per heavy atom. The van der Waals surface area contributed by atoms with Gasteiger partial charge in [0.2, 0.25) is 0 Å². The van der Waals surface area contributed by atoms with E-state index in [0.29, 0.717) is 52.4 Å². The maximum Gasteiger partial charge on any atom is 0.321 e. The van der Waals surface area contributed by atoms with Gasteiger partial charge in [0.25, 0.3) is 6.47 Å². The van der Waals surface area contributed by atoms with E-state index in [4.69, 9.17) is 15.0 Å². The predicted octanol–water partition coefficient (Wildman–Crippen LogP) is -0.793. The molecular weight excluding hydrogens is 424 g/mol. The predicted molar refractivity (Wildman–Crippen MR) is 117 cm³/mol. The van der Waals surface area contributed by atoms with Gasteiger partial charge in [-0.1, -0.05) is 20.8 Å². The van der Waals surface area contributed by atoms with Gasteiger partial charge in [-0.25, -0.2) is 0 Å². The second-order valence-corrected chi connectivity index (χ2v) is 7.94. The SMILES string of the molecule is CCN1CCN(CC(=O)O)CCN(CC(=O)O)CCN(C(C(=O)O)C(C)C)CC1.O=CO. The summed E-state index contributed by atoms with van der Waals surface area (Å²) in [4.78, 5) is 50.3. The highest BCUT2D eigenvalue weighted by molar-refractivity contribution is 5.73. The van der Waals surface area contributed by atoms with Crippen LogP contribution in [0.3, 0.4) is 0 Å². The molecule has 4 N–H and O–H groups in total. The second kappa shape index (κ2) is 16.4. The van der Waals surface area contributed by atoms with Crippen LogP contribution in [0, 0.1) is 5.92 Å². The molecule has 0 aromatic carbocycles. The van der Waals surface area contributed by atoms with E-state index in [9.17, 15) is 24.6 Å². The van der Waals surface area contributed by atoms with Crippen LogP contribution in [0.5, 0.6) is 0 Å². The summed E-state index contributed by atoms with van der Waals surface area (Å²) >= 11 is 0. The van der Waals surface area contributed by atoms with Crippen LogP contribution >= 0.6 is 0 Å². The largest absolute Gasteiger partial charge is 0.483 e. The zero-order valence-corrected chi connectivity index (χ0v) is 19.2. The Kier molecular flexibility index (Phi) is 15.2. The molecule has 186 valence electrons. The minimum absolute atomic E-state index is 0.0746. The average Bonchev–Trinajstić information content (AvgIpc) is 2.67. The number of carboxylic acids is 3. The van der Waals surface area contributed by atoms with Crippen molar-refractivity contribution in [1.29, 1.82) is 0 Å². The van der Waals surface area contributed by atoms with E-state index in [-0.39, 0.29) is 25.5 Å². The lowest BCUT2D eigenvalue weighted by molar-refractivity contribution is -0.146. The number of hydrogen-bond acceptors (Lipinski definition) is 8. The molecule has 1 fully saturated rings. The number of rotatable bonds is 8. The van der Waals surface area contributed by atoms with Crippen molar-refractivity contribution in [2.24, 2.45) is 5.92 Å². The Morgan fingerprint density at radius 1 is 0.781 bits per heavy atom.